The van der Waals surface area contributed by atoms with E-state index in [0.717, 1.165) is 36.4 Å². The van der Waals surface area contributed by atoms with Crippen molar-refractivity contribution < 1.29 is 13.5 Å². The smallest absolute Gasteiger partial charge is 0.187 e. The van der Waals surface area contributed by atoms with E-state index < -0.39 is 10.5 Å². The molecule has 1 heterocycles. The number of rotatable bonds is 4. The van der Waals surface area contributed by atoms with E-state index in [9.17, 15) is 8.78 Å². The Labute approximate surface area is 227 Å². The van der Waals surface area contributed by atoms with Gasteiger partial charge < -0.3 is 4.74 Å². The molecule has 7 heteroatoms. The van der Waals surface area contributed by atoms with Gasteiger partial charge in [-0.15, -0.1) is 0 Å². The molecular weight excluding hydrogens is 767 g/mol. The molecule has 32 heavy (non-hydrogen) atoms. The van der Waals surface area contributed by atoms with E-state index in [2.05, 4.69) is 79.9 Å². The molecule has 0 aliphatic rings. The summed E-state index contributed by atoms with van der Waals surface area (Å²) < 4.78 is 39.6. The van der Waals surface area contributed by atoms with E-state index in [4.69, 9.17) is 4.74 Å². The van der Waals surface area contributed by atoms with Crippen molar-refractivity contribution in [1.82, 2.24) is 0 Å². The van der Waals surface area contributed by atoms with Gasteiger partial charge in [0.05, 0.1) is 10.8 Å². The van der Waals surface area contributed by atoms with Gasteiger partial charge in [-0.05, 0) is 122 Å². The fourth-order valence-corrected chi connectivity index (χ4v) is 8.23. The normalized spacial score (nSPS) is 11.4. The van der Waals surface area contributed by atoms with Crippen LogP contribution in [0.2, 0.25) is 0 Å². The van der Waals surface area contributed by atoms with Gasteiger partial charge in [0.25, 0.3) is 0 Å². The van der Waals surface area contributed by atoms with E-state index in [1.807, 2.05) is 36.4 Å². The maximum absolute atomic E-state index is 13.9. The van der Waals surface area contributed by atoms with Gasteiger partial charge in [0, 0.05) is 45.4 Å². The molecule has 0 aliphatic heterocycles. The minimum absolute atomic E-state index is 0.312. The summed E-state index contributed by atoms with van der Waals surface area (Å²) in [4.78, 5) is 1.09. The number of thiophene rings is 1. The summed E-state index contributed by atoms with van der Waals surface area (Å²) in [6.45, 7) is 0.498. The van der Waals surface area contributed by atoms with E-state index in [0.29, 0.717) is 6.61 Å². The molecule has 5 aromatic rings. The second-order valence-electron chi connectivity index (χ2n) is 7.22. The minimum atomic E-state index is -0.406. The number of halogens is 5. The first-order valence-electron chi connectivity index (χ1n) is 9.61. The molecule has 0 fully saturated rings. The summed E-state index contributed by atoms with van der Waals surface area (Å²) in [5.41, 5.74) is 1.13. The van der Waals surface area contributed by atoms with E-state index in [-0.39, 0.29) is 11.6 Å². The van der Waals surface area contributed by atoms with Gasteiger partial charge in [0.2, 0.25) is 0 Å². The average Bonchev–Trinajstić information content (AvgIpc) is 3.09. The van der Waals surface area contributed by atoms with Crippen molar-refractivity contribution in [3.63, 3.8) is 0 Å². The van der Waals surface area contributed by atoms with Crippen LogP contribution in [0.4, 0.5) is 8.78 Å². The quantitative estimate of drug-likeness (QED) is 0.100. The third-order valence-electron chi connectivity index (χ3n) is 5.12. The highest BCUT2D eigenvalue weighted by atomic mass is 127. The monoisotopic (exact) mass is 781 g/mol. The van der Waals surface area contributed by atoms with Gasteiger partial charge in [0.1, 0.15) is 24.0 Å². The summed E-state index contributed by atoms with van der Waals surface area (Å²) in [6, 6.07) is 21.9. The molecule has 0 N–H and O–H groups in total. The van der Waals surface area contributed by atoms with Gasteiger partial charge in [-0.1, -0.05) is 0 Å². The van der Waals surface area contributed by atoms with Crippen LogP contribution in [0.5, 0.6) is 5.75 Å². The molecule has 0 unspecified atom stereocenters. The molecule has 0 atom stereocenters. The lowest BCUT2D eigenvalue weighted by Crippen LogP contribution is -1.98. The standard InChI is InChI=1S/C25H14F2I3OS/c26-15-1-7-23-19(11-15)20-12-16(27)2-8-24(20)32(23)18-5-3-17(4-6-18)31-13-14-9-21(28)25(30)22(29)10-14/h1-12H,13H2/q+1. The number of fused-ring (bicyclic) bond motifs is 3. The summed E-state index contributed by atoms with van der Waals surface area (Å²) in [5.74, 6) is 0.167. The highest BCUT2D eigenvalue weighted by Crippen LogP contribution is 2.48. The second kappa shape index (κ2) is 9.30. The number of hydrogen-bond donors (Lipinski definition) is 0. The fourth-order valence-electron chi connectivity index (χ4n) is 3.68. The van der Waals surface area contributed by atoms with Crippen molar-refractivity contribution in [2.24, 2.45) is 0 Å². The van der Waals surface area contributed by atoms with Crippen LogP contribution in [-0.4, -0.2) is 0 Å². The molecule has 1 aromatic heterocycles. The second-order valence-corrected chi connectivity index (χ2v) is 12.6. The first-order chi connectivity index (χ1) is 15.4. The van der Waals surface area contributed by atoms with Crippen molar-refractivity contribution in [2.45, 2.75) is 6.61 Å². The first-order valence-corrected chi connectivity index (χ1v) is 14.1. The molecule has 0 saturated heterocycles. The van der Waals surface area contributed by atoms with Crippen LogP contribution in [0.25, 0.3) is 25.1 Å². The van der Waals surface area contributed by atoms with Gasteiger partial charge in [0.15, 0.2) is 14.3 Å². The SMILES string of the molecule is Fc1ccc2c(c1)c1cc(F)ccc1[s+]2-c1ccc(OCc2cc(I)c(I)c(I)c2)cc1. The van der Waals surface area contributed by atoms with Crippen molar-refractivity contribution in [3.8, 4) is 10.6 Å². The Morgan fingerprint density at radius 2 is 1.22 bits per heavy atom. The van der Waals surface area contributed by atoms with Crippen LogP contribution in [-0.2, 0) is 6.61 Å². The zero-order valence-corrected chi connectivity index (χ0v) is 23.6. The molecule has 0 spiro atoms. The highest BCUT2D eigenvalue weighted by Gasteiger charge is 2.24. The summed E-state index contributed by atoms with van der Waals surface area (Å²) in [7, 11) is -0.406. The maximum Gasteiger partial charge on any atom is 0.187 e. The topological polar surface area (TPSA) is 9.23 Å². The molecule has 0 amide bonds. The maximum atomic E-state index is 13.9. The summed E-state index contributed by atoms with van der Waals surface area (Å²) in [6.07, 6.45) is 0. The lowest BCUT2D eigenvalue weighted by atomic mass is 10.1. The predicted molar refractivity (Wildman–Crippen MR) is 154 cm³/mol. The number of ether oxygens (including phenoxy) is 1. The molecule has 0 bridgehead atoms. The van der Waals surface area contributed by atoms with Crippen molar-refractivity contribution in [3.05, 3.63) is 101 Å². The highest BCUT2D eigenvalue weighted by molar-refractivity contribution is 14.1. The third kappa shape index (κ3) is 4.37. The summed E-state index contributed by atoms with van der Waals surface area (Å²) in [5, 5.41) is 1.54. The predicted octanol–water partition coefficient (Wildman–Crippen LogP) is 9.40. The zero-order chi connectivity index (χ0) is 22.4. The molecule has 0 radical (unpaired) electrons. The average molecular weight is 781 g/mol. The van der Waals surface area contributed by atoms with E-state index in [1.54, 1.807) is 0 Å². The summed E-state index contributed by atoms with van der Waals surface area (Å²) >= 11 is 7.05. The Hall–Kier alpha value is -1.05. The molecule has 0 aliphatic carbocycles. The van der Waals surface area contributed by atoms with Gasteiger partial charge >= 0.3 is 0 Å². The van der Waals surface area contributed by atoms with Crippen LogP contribution in [0.15, 0.2) is 72.8 Å². The van der Waals surface area contributed by atoms with Gasteiger partial charge in [-0.2, -0.15) is 0 Å². The van der Waals surface area contributed by atoms with Crippen LogP contribution in [0.1, 0.15) is 5.56 Å². The van der Waals surface area contributed by atoms with Crippen molar-refractivity contribution >= 4 is 98.4 Å². The van der Waals surface area contributed by atoms with Crippen LogP contribution in [0.3, 0.4) is 0 Å². The fraction of sp³-hybridized carbons (Fsp3) is 0.0400. The Kier molecular flexibility index (Phi) is 6.61. The minimum Gasteiger partial charge on any atom is -0.489 e. The van der Waals surface area contributed by atoms with E-state index in [1.165, 1.54) is 35.0 Å². The molecule has 5 rings (SSSR count). The molecule has 4 aromatic carbocycles. The Morgan fingerprint density at radius 3 is 1.75 bits per heavy atom. The van der Waals surface area contributed by atoms with Gasteiger partial charge in [-0.25, -0.2) is 8.78 Å². The molecular formula is C25H14F2I3OS+. The third-order valence-corrected chi connectivity index (χ3v) is 12.4. The Bertz CT molecular complexity index is 1400. The van der Waals surface area contributed by atoms with E-state index >= 15 is 0 Å². The Balaban J connectivity index is 1.49. The van der Waals surface area contributed by atoms with Crippen LogP contribution >= 0.6 is 78.2 Å². The van der Waals surface area contributed by atoms with Crippen LogP contribution in [0, 0.1) is 22.3 Å². The largest absolute Gasteiger partial charge is 0.489 e. The zero-order valence-electron chi connectivity index (χ0n) is 16.3. The molecule has 0 saturated carbocycles. The number of hydrogen-bond acceptors (Lipinski definition) is 1. The lowest BCUT2D eigenvalue weighted by molar-refractivity contribution is 0.306. The first kappa shape index (κ1) is 22.7. The van der Waals surface area contributed by atoms with Crippen LogP contribution < -0.4 is 4.74 Å². The lowest BCUT2D eigenvalue weighted by Gasteiger charge is -2.09. The Morgan fingerprint density at radius 1 is 0.688 bits per heavy atom. The molecule has 160 valence electrons. The number of benzene rings is 4. The van der Waals surface area contributed by atoms with Crippen molar-refractivity contribution in [1.29, 1.82) is 0 Å². The van der Waals surface area contributed by atoms with Crippen molar-refractivity contribution in [2.75, 3.05) is 0 Å². The molecule has 1 nitrogen and oxygen atoms in total. The van der Waals surface area contributed by atoms with Gasteiger partial charge in [-0.3, -0.25) is 0 Å².